The minimum atomic E-state index is -3.42. The Morgan fingerprint density at radius 3 is 2.40 bits per heavy atom. The minimum absolute atomic E-state index is 0.205. The summed E-state index contributed by atoms with van der Waals surface area (Å²) in [6, 6.07) is 2.99. The van der Waals surface area contributed by atoms with Gasteiger partial charge in [0, 0.05) is 30.9 Å². The van der Waals surface area contributed by atoms with Gasteiger partial charge in [0.2, 0.25) is 10.0 Å². The van der Waals surface area contributed by atoms with Crippen LogP contribution in [-0.4, -0.2) is 48.3 Å². The van der Waals surface area contributed by atoms with Crippen LogP contribution >= 0.6 is 0 Å². The lowest BCUT2D eigenvalue weighted by Gasteiger charge is -2.33. The van der Waals surface area contributed by atoms with Gasteiger partial charge in [-0.25, -0.2) is 22.3 Å². The number of carbonyl (C=O) groups is 1. The van der Waals surface area contributed by atoms with E-state index in [1.54, 1.807) is 25.7 Å². The van der Waals surface area contributed by atoms with Crippen molar-refractivity contribution in [3.63, 3.8) is 0 Å². The zero-order valence-corrected chi connectivity index (χ0v) is 15.4. The monoisotopic (exact) mass is 373 g/mol. The highest BCUT2D eigenvalue weighted by atomic mass is 32.2. The van der Waals surface area contributed by atoms with E-state index in [0.717, 1.165) is 12.1 Å². The number of aromatic hydroxyl groups is 1. The summed E-state index contributed by atoms with van der Waals surface area (Å²) in [6.07, 6.45) is 1.02. The average Bonchev–Trinajstić information content (AvgIpc) is 2.50. The number of urea groups is 1. The van der Waals surface area contributed by atoms with Crippen molar-refractivity contribution < 1.29 is 22.7 Å². The molecule has 3 N–H and O–H groups in total. The van der Waals surface area contributed by atoms with Crippen molar-refractivity contribution in [3.05, 3.63) is 24.0 Å². The van der Waals surface area contributed by atoms with E-state index in [-0.39, 0.29) is 12.1 Å². The molecular formula is C16H24FN3O4S. The third-order valence-electron chi connectivity index (χ3n) is 4.11. The van der Waals surface area contributed by atoms with Crippen LogP contribution in [0, 0.1) is 5.82 Å². The molecular weight excluding hydrogens is 349 g/mol. The van der Waals surface area contributed by atoms with Crippen molar-refractivity contribution in [2.24, 2.45) is 0 Å². The molecule has 1 fully saturated rings. The molecule has 9 heteroatoms. The number of likely N-dealkylation sites (tertiary alicyclic amines) is 1. The Bertz CT molecular complexity index is 738. The SMILES string of the molecule is CC(C)(C)S(=O)(=O)NC1CCN(C(=O)Nc2ccc(F)c(O)c2)CC1. The highest BCUT2D eigenvalue weighted by molar-refractivity contribution is 7.90. The standard InChI is InChI=1S/C16H24FN3O4S/c1-16(2,3)25(23,24)19-11-6-8-20(9-7-11)15(22)18-12-4-5-13(17)14(21)10-12/h4-5,10-11,19,21H,6-9H2,1-3H3,(H,18,22). The molecule has 0 aromatic heterocycles. The predicted molar refractivity (Wildman–Crippen MR) is 93.5 cm³/mol. The van der Waals surface area contributed by atoms with E-state index in [2.05, 4.69) is 10.0 Å². The summed E-state index contributed by atoms with van der Waals surface area (Å²) >= 11 is 0. The van der Waals surface area contributed by atoms with Gasteiger partial charge in [0.1, 0.15) is 0 Å². The van der Waals surface area contributed by atoms with Crippen LogP contribution in [0.1, 0.15) is 33.6 Å². The van der Waals surface area contributed by atoms with Crippen molar-refractivity contribution in [1.82, 2.24) is 9.62 Å². The lowest BCUT2D eigenvalue weighted by Crippen LogP contribution is -2.50. The van der Waals surface area contributed by atoms with Crippen LogP contribution in [0.3, 0.4) is 0 Å². The summed E-state index contributed by atoms with van der Waals surface area (Å²) in [4.78, 5) is 13.8. The summed E-state index contributed by atoms with van der Waals surface area (Å²) in [7, 11) is -3.42. The van der Waals surface area contributed by atoms with Gasteiger partial charge in [0.05, 0.1) is 4.75 Å². The van der Waals surface area contributed by atoms with Crippen LogP contribution in [0.5, 0.6) is 5.75 Å². The molecule has 2 amide bonds. The fourth-order valence-electron chi connectivity index (χ4n) is 2.39. The topological polar surface area (TPSA) is 98.7 Å². The number of nitrogens with one attached hydrogen (secondary N) is 2. The van der Waals surface area contributed by atoms with Gasteiger partial charge >= 0.3 is 6.03 Å². The average molecular weight is 373 g/mol. The van der Waals surface area contributed by atoms with Gasteiger partial charge in [-0.2, -0.15) is 0 Å². The number of sulfonamides is 1. The fourth-order valence-corrected chi connectivity index (χ4v) is 3.42. The molecule has 25 heavy (non-hydrogen) atoms. The van der Waals surface area contributed by atoms with Gasteiger partial charge in [0.15, 0.2) is 11.6 Å². The molecule has 0 aliphatic carbocycles. The van der Waals surface area contributed by atoms with Gasteiger partial charge in [-0.1, -0.05) is 0 Å². The Kier molecular flexibility index (Phi) is 5.58. The van der Waals surface area contributed by atoms with E-state index in [4.69, 9.17) is 0 Å². The van der Waals surface area contributed by atoms with Crippen molar-refractivity contribution in [3.8, 4) is 5.75 Å². The van der Waals surface area contributed by atoms with E-state index in [1.165, 1.54) is 6.07 Å². The highest BCUT2D eigenvalue weighted by Crippen LogP contribution is 2.22. The molecule has 1 aromatic carbocycles. The Hall–Kier alpha value is -1.87. The first kappa shape index (κ1) is 19.5. The van der Waals surface area contributed by atoms with E-state index in [0.29, 0.717) is 31.6 Å². The second kappa shape index (κ2) is 7.17. The van der Waals surface area contributed by atoms with Crippen molar-refractivity contribution in [2.45, 2.75) is 44.4 Å². The Labute approximate surface area is 147 Å². The molecule has 0 atom stereocenters. The Balaban J connectivity index is 1.89. The lowest BCUT2D eigenvalue weighted by atomic mass is 10.1. The number of carbonyl (C=O) groups excluding carboxylic acids is 1. The van der Waals surface area contributed by atoms with Crippen LogP contribution in [0.4, 0.5) is 14.9 Å². The summed E-state index contributed by atoms with van der Waals surface area (Å²) in [5.74, 6) is -1.29. The fraction of sp³-hybridized carbons (Fsp3) is 0.562. The Morgan fingerprint density at radius 1 is 1.28 bits per heavy atom. The summed E-state index contributed by atoms with van der Waals surface area (Å²) in [5, 5.41) is 11.9. The number of nitrogens with zero attached hydrogens (tertiary/aromatic N) is 1. The summed E-state index contributed by atoms with van der Waals surface area (Å²) < 4.78 is 39.2. The maximum atomic E-state index is 13.0. The second-order valence-corrected chi connectivity index (χ2v) is 9.56. The largest absolute Gasteiger partial charge is 0.505 e. The number of rotatable bonds is 3. The maximum absolute atomic E-state index is 13.0. The zero-order chi connectivity index (χ0) is 18.8. The minimum Gasteiger partial charge on any atom is -0.505 e. The molecule has 0 radical (unpaired) electrons. The van der Waals surface area contributed by atoms with Gasteiger partial charge in [-0.05, 0) is 45.7 Å². The van der Waals surface area contributed by atoms with Gasteiger partial charge in [-0.15, -0.1) is 0 Å². The molecule has 0 bridgehead atoms. The number of phenolic OH excluding ortho intramolecular Hbond substituents is 1. The number of halogens is 1. The summed E-state index contributed by atoms with van der Waals surface area (Å²) in [6.45, 7) is 5.70. The van der Waals surface area contributed by atoms with Gasteiger partial charge < -0.3 is 15.3 Å². The molecule has 1 heterocycles. The van der Waals surface area contributed by atoms with E-state index < -0.39 is 26.3 Å². The molecule has 140 valence electrons. The van der Waals surface area contributed by atoms with Crippen LogP contribution in [0.15, 0.2) is 18.2 Å². The smallest absolute Gasteiger partial charge is 0.321 e. The normalized spacial score (nSPS) is 16.7. The van der Waals surface area contributed by atoms with Gasteiger partial charge in [-0.3, -0.25) is 0 Å². The number of anilines is 1. The molecule has 0 unspecified atom stereocenters. The van der Waals surface area contributed by atoms with E-state index in [1.807, 2.05) is 0 Å². The second-order valence-electron chi connectivity index (χ2n) is 7.09. The number of hydrogen-bond acceptors (Lipinski definition) is 4. The zero-order valence-electron chi connectivity index (χ0n) is 14.5. The third kappa shape index (κ3) is 4.82. The van der Waals surface area contributed by atoms with Gasteiger partial charge in [0.25, 0.3) is 0 Å². The first-order valence-electron chi connectivity index (χ1n) is 8.06. The number of piperidine rings is 1. The quantitative estimate of drug-likeness (QED) is 0.757. The number of amides is 2. The lowest BCUT2D eigenvalue weighted by molar-refractivity contribution is 0.193. The predicted octanol–water partition coefficient (Wildman–Crippen LogP) is 2.25. The van der Waals surface area contributed by atoms with Crippen LogP contribution in [-0.2, 0) is 10.0 Å². The first-order valence-corrected chi connectivity index (χ1v) is 9.54. The number of phenols is 1. The van der Waals surface area contributed by atoms with Crippen LogP contribution in [0.2, 0.25) is 0 Å². The van der Waals surface area contributed by atoms with Crippen molar-refractivity contribution in [2.75, 3.05) is 18.4 Å². The number of benzene rings is 1. The number of hydrogen-bond donors (Lipinski definition) is 3. The molecule has 7 nitrogen and oxygen atoms in total. The van der Waals surface area contributed by atoms with E-state index >= 15 is 0 Å². The van der Waals surface area contributed by atoms with Crippen LogP contribution < -0.4 is 10.0 Å². The van der Waals surface area contributed by atoms with Crippen molar-refractivity contribution >= 4 is 21.7 Å². The molecule has 0 saturated carbocycles. The van der Waals surface area contributed by atoms with Crippen LogP contribution in [0.25, 0.3) is 0 Å². The third-order valence-corrected chi connectivity index (χ3v) is 6.36. The van der Waals surface area contributed by atoms with Crippen molar-refractivity contribution in [1.29, 1.82) is 0 Å². The molecule has 1 aliphatic rings. The molecule has 0 spiro atoms. The highest BCUT2D eigenvalue weighted by Gasteiger charge is 2.33. The maximum Gasteiger partial charge on any atom is 0.321 e. The van der Waals surface area contributed by atoms with E-state index in [9.17, 15) is 22.7 Å². The molecule has 1 aliphatic heterocycles. The molecule has 1 aromatic rings. The first-order chi connectivity index (χ1) is 11.5. The summed E-state index contributed by atoms with van der Waals surface area (Å²) in [5.41, 5.74) is 0.291. The molecule has 1 saturated heterocycles. The Morgan fingerprint density at radius 2 is 1.88 bits per heavy atom. The molecule has 2 rings (SSSR count).